The summed E-state index contributed by atoms with van der Waals surface area (Å²) in [5, 5.41) is 2.60. The first kappa shape index (κ1) is 15.0. The van der Waals surface area contributed by atoms with Crippen LogP contribution in [0.4, 0.5) is 10.1 Å². The molecule has 1 aromatic heterocycles. The summed E-state index contributed by atoms with van der Waals surface area (Å²) in [5.74, 6) is -0.152. The highest BCUT2D eigenvalue weighted by molar-refractivity contribution is 6.32. The molecule has 4 nitrogen and oxygen atoms in total. The van der Waals surface area contributed by atoms with Crippen molar-refractivity contribution in [2.24, 2.45) is 0 Å². The largest absolute Gasteiger partial charge is 0.494 e. The second-order valence-corrected chi connectivity index (χ2v) is 4.44. The fourth-order valence-corrected chi connectivity index (χ4v) is 1.73. The Kier molecular flexibility index (Phi) is 5.32. The predicted octanol–water partition coefficient (Wildman–Crippen LogP) is 1.81. The van der Waals surface area contributed by atoms with Crippen LogP contribution in [0.25, 0.3) is 0 Å². The van der Waals surface area contributed by atoms with Crippen LogP contribution in [0.15, 0.2) is 42.6 Å². The Morgan fingerprint density at radius 1 is 1.33 bits per heavy atom. The number of carbonyl (C=O) groups excluding carboxylic acids is 1. The molecule has 0 saturated heterocycles. The molecule has 2 rings (SSSR count). The summed E-state index contributed by atoms with van der Waals surface area (Å²) in [4.78, 5) is 15.1. The van der Waals surface area contributed by atoms with Crippen molar-refractivity contribution in [2.75, 3.05) is 11.9 Å². The Labute approximate surface area is 123 Å². The zero-order valence-corrected chi connectivity index (χ0v) is 11.4. The third-order valence-electron chi connectivity index (χ3n) is 2.69. The number of carbonyl (C=O) groups is 1. The maximum atomic E-state index is 12.9. The van der Waals surface area contributed by atoms with Crippen LogP contribution in [-0.2, 0) is 4.79 Å². The lowest BCUT2D eigenvalue weighted by atomic mass is 9.96. The van der Waals surface area contributed by atoms with Crippen molar-refractivity contribution < 1.29 is 13.9 Å². The molecule has 0 atom stereocenters. The number of rotatable bonds is 6. The van der Waals surface area contributed by atoms with E-state index in [0.29, 0.717) is 29.9 Å². The van der Waals surface area contributed by atoms with Crippen molar-refractivity contribution in [3.63, 3.8) is 0 Å². The van der Waals surface area contributed by atoms with Gasteiger partial charge in [-0.3, -0.25) is 4.79 Å². The van der Waals surface area contributed by atoms with Crippen LogP contribution in [0.1, 0.15) is 12.8 Å². The second-order valence-electron chi connectivity index (χ2n) is 4.44. The average Bonchev–Trinajstić information content (AvgIpc) is 2.44. The Morgan fingerprint density at radius 2 is 2.19 bits per heavy atom. The van der Waals surface area contributed by atoms with E-state index in [1.54, 1.807) is 24.3 Å². The van der Waals surface area contributed by atoms with E-state index < -0.39 is 5.95 Å². The van der Waals surface area contributed by atoms with Crippen LogP contribution in [0.2, 0.25) is 0 Å². The van der Waals surface area contributed by atoms with E-state index in [0.717, 1.165) is 0 Å². The van der Waals surface area contributed by atoms with Gasteiger partial charge in [0.05, 0.1) is 6.61 Å². The third kappa shape index (κ3) is 5.26. The number of aromatic nitrogens is 1. The lowest BCUT2D eigenvalue weighted by Crippen LogP contribution is -2.13. The van der Waals surface area contributed by atoms with Crippen LogP contribution >= 0.6 is 0 Å². The molecule has 1 heterocycles. The molecular weight excluding hydrogens is 270 g/mol. The number of anilines is 1. The number of ether oxygens (including phenoxy) is 1. The molecule has 0 aliphatic carbocycles. The summed E-state index contributed by atoms with van der Waals surface area (Å²) in [6.45, 7) is 0.404. The van der Waals surface area contributed by atoms with Crippen molar-refractivity contribution in [3.8, 4) is 5.75 Å². The van der Waals surface area contributed by atoms with Crippen LogP contribution in [0.3, 0.4) is 0 Å². The molecule has 1 N–H and O–H groups in total. The fraction of sp³-hybridized carbons (Fsp3) is 0.200. The van der Waals surface area contributed by atoms with Crippen LogP contribution in [0.5, 0.6) is 5.75 Å². The molecule has 1 amide bonds. The lowest BCUT2D eigenvalue weighted by molar-refractivity contribution is -0.116. The van der Waals surface area contributed by atoms with E-state index in [2.05, 4.69) is 10.3 Å². The monoisotopic (exact) mass is 284 g/mol. The van der Waals surface area contributed by atoms with E-state index in [4.69, 9.17) is 12.6 Å². The predicted molar refractivity (Wildman–Crippen MR) is 79.4 cm³/mol. The molecule has 21 heavy (non-hydrogen) atoms. The summed E-state index contributed by atoms with van der Waals surface area (Å²) in [6.07, 6.45) is 2.13. The van der Waals surface area contributed by atoms with E-state index in [1.165, 1.54) is 18.3 Å². The number of amides is 1. The van der Waals surface area contributed by atoms with Crippen LogP contribution < -0.4 is 15.5 Å². The second kappa shape index (κ2) is 7.43. The van der Waals surface area contributed by atoms with Crippen molar-refractivity contribution >= 4 is 24.9 Å². The highest BCUT2D eigenvalue weighted by Gasteiger charge is 2.04. The minimum atomic E-state index is -0.627. The molecule has 6 heteroatoms. The zero-order chi connectivity index (χ0) is 15.1. The van der Waals surface area contributed by atoms with Gasteiger partial charge in [0.25, 0.3) is 0 Å². The van der Waals surface area contributed by atoms with Crippen molar-refractivity contribution in [2.45, 2.75) is 12.8 Å². The van der Waals surface area contributed by atoms with Crippen molar-refractivity contribution in [1.82, 2.24) is 4.98 Å². The van der Waals surface area contributed by atoms with Crippen molar-refractivity contribution in [1.29, 1.82) is 0 Å². The highest BCUT2D eigenvalue weighted by Crippen LogP contribution is 2.09. The van der Waals surface area contributed by atoms with E-state index in [-0.39, 0.29) is 12.3 Å². The van der Waals surface area contributed by atoms with Crippen molar-refractivity contribution in [3.05, 3.63) is 48.5 Å². The molecule has 0 unspecified atom stereocenters. The molecule has 106 valence electrons. The summed E-state index contributed by atoms with van der Waals surface area (Å²) in [7, 11) is 5.63. The third-order valence-corrected chi connectivity index (χ3v) is 2.69. The molecule has 2 radical (unpaired) electrons. The number of benzene rings is 1. The highest BCUT2D eigenvalue weighted by atomic mass is 19.1. The van der Waals surface area contributed by atoms with Gasteiger partial charge in [-0.05, 0) is 24.6 Å². The topological polar surface area (TPSA) is 51.2 Å². The first-order valence-corrected chi connectivity index (χ1v) is 6.53. The summed E-state index contributed by atoms with van der Waals surface area (Å²) < 4.78 is 18.3. The normalized spacial score (nSPS) is 10.1. The van der Waals surface area contributed by atoms with Gasteiger partial charge < -0.3 is 10.1 Å². The SMILES string of the molecule is [B]c1cccc(OCCCC(=O)Nc2ccnc(F)c2)c1. The van der Waals surface area contributed by atoms with E-state index >= 15 is 0 Å². The maximum absolute atomic E-state index is 12.9. The summed E-state index contributed by atoms with van der Waals surface area (Å²) in [5.41, 5.74) is 1.02. The number of halogens is 1. The van der Waals surface area contributed by atoms with Gasteiger partial charge in [-0.25, -0.2) is 4.98 Å². The molecule has 0 bridgehead atoms. The average molecular weight is 284 g/mol. The van der Waals surface area contributed by atoms with Crippen LogP contribution in [0, 0.1) is 5.95 Å². The van der Waals surface area contributed by atoms with E-state index in [9.17, 15) is 9.18 Å². The Morgan fingerprint density at radius 3 is 2.95 bits per heavy atom. The number of hydrogen-bond acceptors (Lipinski definition) is 3. The minimum absolute atomic E-state index is 0.197. The lowest BCUT2D eigenvalue weighted by Gasteiger charge is -2.07. The minimum Gasteiger partial charge on any atom is -0.494 e. The molecule has 0 spiro atoms. The molecule has 2 aromatic rings. The number of hydrogen-bond donors (Lipinski definition) is 1. The summed E-state index contributed by atoms with van der Waals surface area (Å²) in [6, 6.07) is 9.80. The first-order valence-electron chi connectivity index (χ1n) is 6.53. The molecule has 0 saturated carbocycles. The Hall–Kier alpha value is -2.37. The number of nitrogens with zero attached hydrogens (tertiary/aromatic N) is 1. The van der Waals surface area contributed by atoms with Gasteiger partial charge >= 0.3 is 0 Å². The number of nitrogens with one attached hydrogen (secondary N) is 1. The Bertz CT molecular complexity index is 622. The number of pyridine rings is 1. The quantitative estimate of drug-likeness (QED) is 0.500. The fourth-order valence-electron chi connectivity index (χ4n) is 1.73. The van der Waals surface area contributed by atoms with Gasteiger partial charge in [0.15, 0.2) is 0 Å². The van der Waals surface area contributed by atoms with Gasteiger partial charge in [0, 0.05) is 24.4 Å². The maximum Gasteiger partial charge on any atom is 0.224 e. The molecule has 0 aliphatic heterocycles. The van der Waals surface area contributed by atoms with Gasteiger partial charge in [0.1, 0.15) is 13.6 Å². The Balaban J connectivity index is 1.70. The standard InChI is InChI=1S/C15H14BFN2O2/c16-11-3-1-4-13(9-11)21-8-2-5-15(20)19-12-6-7-18-14(17)10-12/h1,3-4,6-7,9-10H,2,5,8H2,(H,18,19,20). The van der Waals surface area contributed by atoms with Gasteiger partial charge in [0.2, 0.25) is 11.9 Å². The smallest absolute Gasteiger partial charge is 0.224 e. The summed E-state index contributed by atoms with van der Waals surface area (Å²) >= 11 is 0. The van der Waals surface area contributed by atoms with Gasteiger partial charge in [-0.2, -0.15) is 4.39 Å². The first-order chi connectivity index (χ1) is 10.1. The molecule has 0 fully saturated rings. The molecular formula is C15H14BFN2O2. The molecule has 0 aliphatic rings. The van der Waals surface area contributed by atoms with Crippen LogP contribution in [-0.4, -0.2) is 25.3 Å². The van der Waals surface area contributed by atoms with Gasteiger partial charge in [-0.15, -0.1) is 0 Å². The molecule has 1 aromatic carbocycles. The van der Waals surface area contributed by atoms with E-state index in [1.807, 2.05) is 0 Å². The zero-order valence-electron chi connectivity index (χ0n) is 11.4. The van der Waals surface area contributed by atoms with Gasteiger partial charge in [-0.1, -0.05) is 17.6 Å².